The van der Waals surface area contributed by atoms with Crippen LogP contribution in [0, 0.1) is 0 Å². The van der Waals surface area contributed by atoms with E-state index in [1.54, 1.807) is 6.08 Å². The van der Waals surface area contributed by atoms with Crippen LogP contribution < -0.4 is 4.74 Å². The average molecular weight is 396 g/mol. The van der Waals surface area contributed by atoms with Gasteiger partial charge in [0.1, 0.15) is 5.75 Å². The van der Waals surface area contributed by atoms with Crippen LogP contribution >= 0.6 is 0 Å². The Bertz CT molecular complexity index is 918. The Morgan fingerprint density at radius 2 is 2.00 bits per heavy atom. The maximum Gasteiger partial charge on any atom is 0.343 e. The molecule has 156 valence electrons. The molecule has 0 radical (unpaired) electrons. The fourth-order valence-corrected chi connectivity index (χ4v) is 3.86. The SMILES string of the molecule is C=C/C=C(\C=C)Cn1c(CC)cc2c(OCC(=O)OC)cc3c(c21)CCC3.CC. The first-order valence-corrected chi connectivity index (χ1v) is 10.4. The number of allylic oxidation sites excluding steroid dienone is 4. The number of methoxy groups -OCH3 is 1. The van der Waals surface area contributed by atoms with Crippen LogP contribution in [0.3, 0.4) is 0 Å². The highest BCUT2D eigenvalue weighted by Gasteiger charge is 2.23. The first-order chi connectivity index (χ1) is 14.1. The number of carbonyl (C=O) groups is 1. The Balaban J connectivity index is 0.00000145. The van der Waals surface area contributed by atoms with Crippen molar-refractivity contribution in [2.45, 2.75) is 53.0 Å². The van der Waals surface area contributed by atoms with E-state index in [2.05, 4.69) is 36.8 Å². The average Bonchev–Trinajstić information content (AvgIpc) is 3.36. The van der Waals surface area contributed by atoms with Gasteiger partial charge in [0, 0.05) is 17.6 Å². The van der Waals surface area contributed by atoms with Crippen molar-refractivity contribution in [2.24, 2.45) is 0 Å². The molecular weight excluding hydrogens is 362 g/mol. The maximum atomic E-state index is 11.6. The number of ether oxygens (including phenoxy) is 2. The smallest absolute Gasteiger partial charge is 0.343 e. The van der Waals surface area contributed by atoms with Gasteiger partial charge < -0.3 is 14.0 Å². The summed E-state index contributed by atoms with van der Waals surface area (Å²) in [6.45, 7) is 14.6. The van der Waals surface area contributed by atoms with Gasteiger partial charge in [0.05, 0.1) is 12.6 Å². The molecule has 0 N–H and O–H groups in total. The van der Waals surface area contributed by atoms with Crippen LogP contribution in [0.5, 0.6) is 5.75 Å². The molecule has 1 aromatic carbocycles. The summed E-state index contributed by atoms with van der Waals surface area (Å²) in [6.07, 6.45) is 9.85. The molecular formula is C25H33NO3. The summed E-state index contributed by atoms with van der Waals surface area (Å²) >= 11 is 0. The zero-order valence-corrected chi connectivity index (χ0v) is 18.2. The van der Waals surface area contributed by atoms with Gasteiger partial charge in [0.2, 0.25) is 0 Å². The minimum Gasteiger partial charge on any atom is -0.481 e. The Kier molecular flexibility index (Phi) is 8.32. The summed E-state index contributed by atoms with van der Waals surface area (Å²) in [5.41, 5.74) is 6.29. The van der Waals surface area contributed by atoms with E-state index in [9.17, 15) is 4.79 Å². The quantitative estimate of drug-likeness (QED) is 0.433. The molecule has 0 unspecified atom stereocenters. The normalized spacial score (nSPS) is 12.8. The van der Waals surface area contributed by atoms with E-state index >= 15 is 0 Å². The van der Waals surface area contributed by atoms with Gasteiger partial charge in [-0.25, -0.2) is 4.79 Å². The van der Waals surface area contributed by atoms with E-state index < -0.39 is 0 Å². The van der Waals surface area contributed by atoms with Crippen LogP contribution in [-0.2, 0) is 35.3 Å². The Labute approximate surface area is 174 Å². The van der Waals surface area contributed by atoms with Crippen molar-refractivity contribution in [3.63, 3.8) is 0 Å². The molecule has 1 aliphatic carbocycles. The minimum atomic E-state index is -0.373. The number of nitrogens with zero attached hydrogens (tertiary/aromatic N) is 1. The molecule has 0 spiro atoms. The van der Waals surface area contributed by atoms with Crippen LogP contribution in [0.15, 0.2) is 49.1 Å². The van der Waals surface area contributed by atoms with Crippen molar-refractivity contribution < 1.29 is 14.3 Å². The van der Waals surface area contributed by atoms with Crippen LogP contribution in [0.25, 0.3) is 10.9 Å². The number of aryl methyl sites for hydroxylation is 3. The molecule has 1 aliphatic rings. The highest BCUT2D eigenvalue weighted by molar-refractivity contribution is 5.92. The maximum absolute atomic E-state index is 11.6. The van der Waals surface area contributed by atoms with Crippen molar-refractivity contribution in [1.29, 1.82) is 0 Å². The van der Waals surface area contributed by atoms with Gasteiger partial charge in [-0.1, -0.05) is 52.2 Å². The van der Waals surface area contributed by atoms with Crippen molar-refractivity contribution in [3.8, 4) is 5.75 Å². The largest absolute Gasteiger partial charge is 0.481 e. The summed E-state index contributed by atoms with van der Waals surface area (Å²) in [5.74, 6) is 0.388. The molecule has 0 aliphatic heterocycles. The third-order valence-corrected chi connectivity index (χ3v) is 5.17. The molecule has 0 saturated heterocycles. The van der Waals surface area contributed by atoms with Crippen molar-refractivity contribution >= 4 is 16.9 Å². The van der Waals surface area contributed by atoms with Gasteiger partial charge in [-0.2, -0.15) is 0 Å². The van der Waals surface area contributed by atoms with Gasteiger partial charge in [0.25, 0.3) is 0 Å². The van der Waals surface area contributed by atoms with E-state index in [0.29, 0.717) is 0 Å². The first-order valence-electron chi connectivity index (χ1n) is 10.4. The van der Waals surface area contributed by atoms with E-state index in [1.807, 2.05) is 26.0 Å². The van der Waals surface area contributed by atoms with Crippen molar-refractivity contribution in [2.75, 3.05) is 13.7 Å². The standard InChI is InChI=1S/C23H27NO3.C2H6/c1-5-9-16(6-2)14-24-18(7-3)13-20-21(27-15-22(25)26-4)12-17-10-8-11-19(17)23(20)24;1-2/h5-6,9,12-13H,1-2,7-8,10-11,14-15H2,3-4H3;1-2H3/b16-9+;. The monoisotopic (exact) mass is 395 g/mol. The second-order valence-electron chi connectivity index (χ2n) is 6.75. The first kappa shape index (κ1) is 22.5. The number of fused-ring (bicyclic) bond motifs is 3. The fourth-order valence-electron chi connectivity index (χ4n) is 3.86. The van der Waals surface area contributed by atoms with Gasteiger partial charge in [-0.05, 0) is 54.5 Å². The lowest BCUT2D eigenvalue weighted by Crippen LogP contribution is -2.13. The predicted octanol–water partition coefficient (Wildman–Crippen LogP) is 5.57. The van der Waals surface area contributed by atoms with Gasteiger partial charge in [0.15, 0.2) is 6.61 Å². The number of esters is 1. The molecule has 3 rings (SSSR count). The predicted molar refractivity (Wildman–Crippen MR) is 121 cm³/mol. The van der Waals surface area contributed by atoms with Crippen molar-refractivity contribution in [1.82, 2.24) is 4.57 Å². The molecule has 29 heavy (non-hydrogen) atoms. The van der Waals surface area contributed by atoms with Crippen LogP contribution in [0.1, 0.15) is 44.0 Å². The highest BCUT2D eigenvalue weighted by atomic mass is 16.6. The number of hydrogen-bond acceptors (Lipinski definition) is 3. The summed E-state index contributed by atoms with van der Waals surface area (Å²) in [4.78, 5) is 11.6. The lowest BCUT2D eigenvalue weighted by Gasteiger charge is -2.15. The Morgan fingerprint density at radius 1 is 1.24 bits per heavy atom. The van der Waals surface area contributed by atoms with Gasteiger partial charge >= 0.3 is 5.97 Å². The van der Waals surface area contributed by atoms with Gasteiger partial charge in [-0.3, -0.25) is 0 Å². The van der Waals surface area contributed by atoms with E-state index in [0.717, 1.165) is 48.9 Å². The molecule has 0 saturated carbocycles. The summed E-state index contributed by atoms with van der Waals surface area (Å²) in [7, 11) is 1.37. The van der Waals surface area contributed by atoms with Crippen LogP contribution in [0.2, 0.25) is 0 Å². The molecule has 0 fully saturated rings. The van der Waals surface area contributed by atoms with Gasteiger partial charge in [-0.15, -0.1) is 0 Å². The minimum absolute atomic E-state index is 0.0781. The molecule has 0 bridgehead atoms. The topological polar surface area (TPSA) is 40.5 Å². The third kappa shape index (κ3) is 4.81. The second kappa shape index (κ2) is 10.7. The van der Waals surface area contributed by atoms with E-state index in [4.69, 9.17) is 9.47 Å². The van der Waals surface area contributed by atoms with Crippen LogP contribution in [0.4, 0.5) is 0 Å². The zero-order valence-electron chi connectivity index (χ0n) is 18.2. The molecule has 1 aromatic heterocycles. The number of benzene rings is 1. The van der Waals surface area contributed by atoms with Crippen molar-refractivity contribution in [3.05, 3.63) is 65.9 Å². The number of hydrogen-bond donors (Lipinski definition) is 0. The van der Waals surface area contributed by atoms with E-state index in [1.165, 1.54) is 29.4 Å². The zero-order chi connectivity index (χ0) is 21.4. The Hall–Kier alpha value is -2.75. The van der Waals surface area contributed by atoms with E-state index in [-0.39, 0.29) is 12.6 Å². The molecule has 0 amide bonds. The molecule has 4 nitrogen and oxygen atoms in total. The third-order valence-electron chi connectivity index (χ3n) is 5.17. The molecule has 4 heteroatoms. The summed E-state index contributed by atoms with van der Waals surface area (Å²) in [5, 5.41) is 1.07. The lowest BCUT2D eigenvalue weighted by molar-refractivity contribution is -0.142. The second-order valence-corrected chi connectivity index (χ2v) is 6.75. The Morgan fingerprint density at radius 3 is 2.62 bits per heavy atom. The summed E-state index contributed by atoms with van der Waals surface area (Å²) < 4.78 is 12.9. The fraction of sp³-hybridized carbons (Fsp3) is 0.400. The number of aromatic nitrogens is 1. The summed E-state index contributed by atoms with van der Waals surface area (Å²) in [6, 6.07) is 4.29. The highest BCUT2D eigenvalue weighted by Crippen LogP contribution is 2.39. The number of rotatable bonds is 8. The van der Waals surface area contributed by atoms with Crippen LogP contribution in [-0.4, -0.2) is 24.3 Å². The molecule has 0 atom stereocenters. The molecule has 2 aromatic rings. The number of carbonyl (C=O) groups excluding carboxylic acids is 1. The lowest BCUT2D eigenvalue weighted by atomic mass is 10.1. The molecule has 1 heterocycles.